The lowest BCUT2D eigenvalue weighted by atomic mass is 9.68. The summed E-state index contributed by atoms with van der Waals surface area (Å²) in [5.74, 6) is 2.80. The quantitative estimate of drug-likeness (QED) is 0.727. The van der Waals surface area contributed by atoms with Gasteiger partial charge in [-0.25, -0.2) is 0 Å². The Balaban J connectivity index is 1.54. The normalized spacial score (nSPS) is 30.3. The molecule has 3 heteroatoms. The second kappa shape index (κ2) is 6.37. The standard InChI is InChI=1S/C25H30N2O/c1-25(2,3)27-24(28)18-11-12-20-19(14-18)21-16-9-10-17(13-16)22(21)23(26-20)15-7-5-4-6-8-15/h4-8,11-12,14,16-17,21-23,26H,9-10,13H2,1-3H3,(H,27,28)/t16-,17-,21-,22-,23+/m0/s1. The van der Waals surface area contributed by atoms with Crippen molar-refractivity contribution in [3.8, 4) is 0 Å². The van der Waals surface area contributed by atoms with Crippen molar-refractivity contribution in [1.29, 1.82) is 0 Å². The lowest BCUT2D eigenvalue weighted by Gasteiger charge is -2.43. The van der Waals surface area contributed by atoms with Crippen LogP contribution in [0.25, 0.3) is 0 Å². The molecule has 3 aliphatic rings. The van der Waals surface area contributed by atoms with Gasteiger partial charge in [0, 0.05) is 16.8 Å². The lowest BCUT2D eigenvalue weighted by molar-refractivity contribution is 0.0919. The molecule has 2 aromatic rings. The molecule has 0 unspecified atom stereocenters. The fraction of sp³-hybridized carbons (Fsp3) is 0.480. The van der Waals surface area contributed by atoms with E-state index in [1.165, 1.54) is 36.1 Å². The Bertz CT molecular complexity index is 899. The van der Waals surface area contributed by atoms with Crippen molar-refractivity contribution in [2.75, 3.05) is 5.32 Å². The van der Waals surface area contributed by atoms with E-state index in [0.717, 1.165) is 17.4 Å². The average Bonchev–Trinajstić information content (AvgIpc) is 3.29. The van der Waals surface area contributed by atoms with Gasteiger partial charge in [0.2, 0.25) is 0 Å². The van der Waals surface area contributed by atoms with Gasteiger partial charge in [-0.1, -0.05) is 30.3 Å². The van der Waals surface area contributed by atoms with Crippen LogP contribution in [0.1, 0.15) is 73.5 Å². The van der Waals surface area contributed by atoms with E-state index in [1.54, 1.807) is 0 Å². The Morgan fingerprint density at radius 2 is 1.79 bits per heavy atom. The van der Waals surface area contributed by atoms with Crippen molar-refractivity contribution in [3.05, 3.63) is 65.2 Å². The van der Waals surface area contributed by atoms with E-state index in [1.807, 2.05) is 26.8 Å². The fourth-order valence-electron chi connectivity index (χ4n) is 6.03. The topological polar surface area (TPSA) is 41.1 Å². The van der Waals surface area contributed by atoms with Crippen LogP contribution in [-0.2, 0) is 0 Å². The van der Waals surface area contributed by atoms with Crippen molar-refractivity contribution < 1.29 is 4.79 Å². The largest absolute Gasteiger partial charge is 0.378 e. The number of amides is 1. The van der Waals surface area contributed by atoms with Crippen LogP contribution in [0.5, 0.6) is 0 Å². The molecule has 2 bridgehead atoms. The van der Waals surface area contributed by atoms with E-state index in [-0.39, 0.29) is 11.4 Å². The molecular weight excluding hydrogens is 344 g/mol. The fourth-order valence-corrected chi connectivity index (χ4v) is 6.03. The van der Waals surface area contributed by atoms with Crippen LogP contribution >= 0.6 is 0 Å². The summed E-state index contributed by atoms with van der Waals surface area (Å²) < 4.78 is 0. The minimum absolute atomic E-state index is 0.0280. The molecule has 0 radical (unpaired) electrons. The molecule has 1 heterocycles. The van der Waals surface area contributed by atoms with E-state index in [2.05, 4.69) is 53.1 Å². The van der Waals surface area contributed by atoms with Crippen molar-refractivity contribution in [2.24, 2.45) is 17.8 Å². The van der Waals surface area contributed by atoms with Crippen molar-refractivity contribution >= 4 is 11.6 Å². The number of rotatable bonds is 2. The van der Waals surface area contributed by atoms with E-state index >= 15 is 0 Å². The lowest BCUT2D eigenvalue weighted by Crippen LogP contribution is -2.41. The number of hydrogen-bond acceptors (Lipinski definition) is 2. The number of carbonyl (C=O) groups is 1. The van der Waals surface area contributed by atoms with Crippen LogP contribution < -0.4 is 10.6 Å². The minimum Gasteiger partial charge on any atom is -0.378 e. The molecule has 28 heavy (non-hydrogen) atoms. The molecule has 2 N–H and O–H groups in total. The number of anilines is 1. The second-order valence-corrected chi connectivity index (χ2v) is 9.98. The number of nitrogens with one attached hydrogen (secondary N) is 2. The molecule has 2 saturated carbocycles. The third-order valence-corrected chi connectivity index (χ3v) is 7.00. The van der Waals surface area contributed by atoms with E-state index in [4.69, 9.17) is 0 Å². The molecular formula is C25H30N2O. The van der Waals surface area contributed by atoms with Gasteiger partial charge in [-0.05, 0) is 93.0 Å². The molecule has 2 aliphatic carbocycles. The molecule has 0 aromatic heterocycles. The van der Waals surface area contributed by atoms with Crippen LogP contribution in [-0.4, -0.2) is 11.4 Å². The summed E-state index contributed by atoms with van der Waals surface area (Å²) >= 11 is 0. The number of carbonyl (C=O) groups excluding carboxylic acids is 1. The number of hydrogen-bond donors (Lipinski definition) is 2. The molecule has 2 fully saturated rings. The van der Waals surface area contributed by atoms with Gasteiger partial charge in [0.15, 0.2) is 0 Å². The van der Waals surface area contributed by atoms with Crippen LogP contribution in [0, 0.1) is 17.8 Å². The van der Waals surface area contributed by atoms with Gasteiger partial charge < -0.3 is 10.6 Å². The van der Waals surface area contributed by atoms with Gasteiger partial charge in [0.25, 0.3) is 5.91 Å². The van der Waals surface area contributed by atoms with Gasteiger partial charge in [-0.3, -0.25) is 4.79 Å². The minimum atomic E-state index is -0.224. The van der Waals surface area contributed by atoms with Crippen molar-refractivity contribution in [2.45, 2.75) is 57.5 Å². The van der Waals surface area contributed by atoms with Gasteiger partial charge >= 0.3 is 0 Å². The number of fused-ring (bicyclic) bond motifs is 7. The van der Waals surface area contributed by atoms with Gasteiger partial charge in [-0.15, -0.1) is 0 Å². The highest BCUT2D eigenvalue weighted by Gasteiger charge is 2.53. The zero-order chi connectivity index (χ0) is 19.5. The smallest absolute Gasteiger partial charge is 0.251 e. The van der Waals surface area contributed by atoms with Gasteiger partial charge in [-0.2, -0.15) is 0 Å². The average molecular weight is 375 g/mol. The Labute approximate surface area is 167 Å². The Morgan fingerprint density at radius 3 is 2.54 bits per heavy atom. The Morgan fingerprint density at radius 1 is 1.04 bits per heavy atom. The molecule has 3 nitrogen and oxygen atoms in total. The molecule has 0 spiro atoms. The zero-order valence-corrected chi connectivity index (χ0v) is 17.0. The third-order valence-electron chi connectivity index (χ3n) is 7.00. The Kier molecular flexibility index (Phi) is 4.04. The first-order valence-corrected chi connectivity index (χ1v) is 10.7. The zero-order valence-electron chi connectivity index (χ0n) is 17.0. The number of benzene rings is 2. The third kappa shape index (κ3) is 2.92. The first-order chi connectivity index (χ1) is 13.4. The van der Waals surface area contributed by atoms with Crippen molar-refractivity contribution in [1.82, 2.24) is 5.32 Å². The molecule has 5 rings (SSSR count). The maximum absolute atomic E-state index is 12.8. The van der Waals surface area contributed by atoms with E-state index in [0.29, 0.717) is 17.9 Å². The van der Waals surface area contributed by atoms with Crippen molar-refractivity contribution in [3.63, 3.8) is 0 Å². The first kappa shape index (κ1) is 17.8. The summed E-state index contributed by atoms with van der Waals surface area (Å²) in [6.07, 6.45) is 4.04. The monoisotopic (exact) mass is 374 g/mol. The predicted molar refractivity (Wildman–Crippen MR) is 114 cm³/mol. The second-order valence-electron chi connectivity index (χ2n) is 9.98. The highest BCUT2D eigenvalue weighted by Crippen LogP contribution is 2.63. The first-order valence-electron chi connectivity index (χ1n) is 10.7. The van der Waals surface area contributed by atoms with E-state index in [9.17, 15) is 4.79 Å². The molecule has 1 amide bonds. The molecule has 0 saturated heterocycles. The Hall–Kier alpha value is -2.29. The van der Waals surface area contributed by atoms with Crippen LogP contribution in [0.2, 0.25) is 0 Å². The molecule has 2 aromatic carbocycles. The summed E-state index contributed by atoms with van der Waals surface area (Å²) in [6.45, 7) is 6.09. The molecule has 5 atom stereocenters. The van der Waals surface area contributed by atoms with Gasteiger partial charge in [0.05, 0.1) is 6.04 Å². The SMILES string of the molecule is CC(C)(C)NC(=O)c1ccc2c(c1)[C@@H]1[C@H]3CC[C@@H](C3)[C@@H]1[C@@H](c1ccccc1)N2. The molecule has 1 aliphatic heterocycles. The van der Waals surface area contributed by atoms with E-state index < -0.39 is 0 Å². The molecule has 146 valence electrons. The van der Waals surface area contributed by atoms with Gasteiger partial charge in [0.1, 0.15) is 0 Å². The summed E-state index contributed by atoms with van der Waals surface area (Å²) in [7, 11) is 0. The predicted octanol–water partition coefficient (Wildman–Crippen LogP) is 5.51. The summed E-state index contributed by atoms with van der Waals surface area (Å²) in [5, 5.41) is 6.96. The highest BCUT2D eigenvalue weighted by molar-refractivity contribution is 5.95. The summed E-state index contributed by atoms with van der Waals surface area (Å²) in [5.41, 5.74) is 4.54. The van der Waals surface area contributed by atoms with Crippen LogP contribution in [0.4, 0.5) is 5.69 Å². The summed E-state index contributed by atoms with van der Waals surface area (Å²) in [4.78, 5) is 12.8. The maximum Gasteiger partial charge on any atom is 0.251 e. The van der Waals surface area contributed by atoms with Crippen LogP contribution in [0.3, 0.4) is 0 Å². The highest BCUT2D eigenvalue weighted by atomic mass is 16.1. The van der Waals surface area contributed by atoms with Crippen LogP contribution in [0.15, 0.2) is 48.5 Å². The maximum atomic E-state index is 12.8. The summed E-state index contributed by atoms with van der Waals surface area (Å²) in [6, 6.07) is 17.6.